The quantitative estimate of drug-likeness (QED) is 0.487. The maximum absolute atomic E-state index is 11.4. The summed E-state index contributed by atoms with van der Waals surface area (Å²) in [6.45, 7) is 0.659. The molecule has 5 heteroatoms. The highest BCUT2D eigenvalue weighted by atomic mass is 16.6. The summed E-state index contributed by atoms with van der Waals surface area (Å²) in [7, 11) is 0. The van der Waals surface area contributed by atoms with Gasteiger partial charge in [-0.25, -0.2) is 0 Å². The Kier molecular flexibility index (Phi) is 2.07. The fourth-order valence-electron chi connectivity index (χ4n) is 1.85. The number of nitro groups is 1. The molecule has 1 saturated heterocycles. The van der Waals surface area contributed by atoms with E-state index in [1.54, 1.807) is 6.08 Å². The average Bonchev–Trinajstić information content (AvgIpc) is 2.18. The van der Waals surface area contributed by atoms with Crippen LogP contribution in [0, 0.1) is 22.0 Å². The van der Waals surface area contributed by atoms with E-state index >= 15 is 0 Å². The van der Waals surface area contributed by atoms with E-state index in [4.69, 9.17) is 0 Å². The number of hydrogen-bond acceptors (Lipinski definition) is 3. The summed E-state index contributed by atoms with van der Waals surface area (Å²) in [6, 6.07) is 0. The van der Waals surface area contributed by atoms with Crippen LogP contribution >= 0.6 is 0 Å². The van der Waals surface area contributed by atoms with Crippen LogP contribution in [0.3, 0.4) is 0 Å². The molecule has 1 aliphatic heterocycles. The van der Waals surface area contributed by atoms with Crippen molar-refractivity contribution in [2.75, 3.05) is 6.54 Å². The predicted molar refractivity (Wildman–Crippen MR) is 48.8 cm³/mol. The highest BCUT2D eigenvalue weighted by Gasteiger charge is 2.33. The van der Waals surface area contributed by atoms with Crippen LogP contribution in [0.1, 0.15) is 6.42 Å². The van der Waals surface area contributed by atoms with Crippen molar-refractivity contribution < 1.29 is 9.72 Å². The number of amides is 1. The van der Waals surface area contributed by atoms with E-state index in [2.05, 4.69) is 5.32 Å². The molecule has 1 aliphatic carbocycles. The largest absolute Gasteiger partial charge is 0.356 e. The molecule has 2 rings (SSSR count). The molecule has 1 fully saturated rings. The first-order chi connectivity index (χ1) is 6.68. The Morgan fingerprint density at radius 2 is 2.36 bits per heavy atom. The van der Waals surface area contributed by atoms with Crippen LogP contribution in [0.25, 0.3) is 0 Å². The van der Waals surface area contributed by atoms with Gasteiger partial charge < -0.3 is 5.32 Å². The van der Waals surface area contributed by atoms with Gasteiger partial charge in [-0.1, -0.05) is 6.08 Å². The Hall–Kier alpha value is -1.65. The number of fused-ring (bicyclic) bond motifs is 1. The molecule has 1 heterocycles. The van der Waals surface area contributed by atoms with Gasteiger partial charge in [-0.2, -0.15) is 0 Å². The van der Waals surface area contributed by atoms with Gasteiger partial charge in [0.05, 0.1) is 10.8 Å². The lowest BCUT2D eigenvalue weighted by Gasteiger charge is -2.28. The summed E-state index contributed by atoms with van der Waals surface area (Å²) >= 11 is 0. The number of carbonyl (C=O) groups excluding carboxylic acids is 1. The number of allylic oxidation sites excluding steroid dienone is 2. The summed E-state index contributed by atoms with van der Waals surface area (Å²) in [4.78, 5) is 21.4. The molecule has 0 spiro atoms. The fourth-order valence-corrected chi connectivity index (χ4v) is 1.85. The third-order valence-electron chi connectivity index (χ3n) is 2.62. The molecular formula is C9H10N2O3. The lowest BCUT2D eigenvalue weighted by molar-refractivity contribution is -0.419. The van der Waals surface area contributed by atoms with Gasteiger partial charge in [0.1, 0.15) is 0 Å². The summed E-state index contributed by atoms with van der Waals surface area (Å²) in [6.07, 6.45) is 5.55. The standard InChI is InChI=1S/C9H10N2O3/c12-9-8-5-7(11(13)14)2-1-6(8)3-4-10-9/h1-2,5-6,8H,3-4H2,(H,10,12)/t6-,8-/m1/s1. The van der Waals surface area contributed by atoms with E-state index in [1.807, 2.05) is 0 Å². The molecule has 0 unspecified atom stereocenters. The Morgan fingerprint density at radius 3 is 3.07 bits per heavy atom. The molecule has 74 valence electrons. The first-order valence-corrected chi connectivity index (χ1v) is 4.50. The smallest absolute Gasteiger partial charge is 0.265 e. The van der Waals surface area contributed by atoms with Crippen molar-refractivity contribution in [2.45, 2.75) is 6.42 Å². The molecule has 1 N–H and O–H groups in total. The maximum atomic E-state index is 11.4. The highest BCUT2D eigenvalue weighted by Crippen LogP contribution is 2.28. The number of nitrogens with zero attached hydrogens (tertiary/aromatic N) is 1. The topological polar surface area (TPSA) is 72.2 Å². The molecule has 2 atom stereocenters. The van der Waals surface area contributed by atoms with E-state index in [9.17, 15) is 14.9 Å². The molecule has 0 bridgehead atoms. The second-order valence-corrected chi connectivity index (χ2v) is 3.48. The Morgan fingerprint density at radius 1 is 1.57 bits per heavy atom. The Bertz CT molecular complexity index is 346. The molecule has 1 amide bonds. The van der Waals surface area contributed by atoms with E-state index < -0.39 is 4.92 Å². The van der Waals surface area contributed by atoms with Gasteiger partial charge >= 0.3 is 0 Å². The molecule has 0 aromatic rings. The first-order valence-electron chi connectivity index (χ1n) is 4.50. The van der Waals surface area contributed by atoms with Gasteiger partial charge in [-0.3, -0.25) is 14.9 Å². The van der Waals surface area contributed by atoms with E-state index in [1.165, 1.54) is 12.2 Å². The second-order valence-electron chi connectivity index (χ2n) is 3.48. The van der Waals surface area contributed by atoms with Crippen LogP contribution < -0.4 is 5.32 Å². The van der Waals surface area contributed by atoms with Crippen molar-refractivity contribution in [1.82, 2.24) is 5.32 Å². The number of piperidine rings is 1. The number of rotatable bonds is 1. The normalized spacial score (nSPS) is 30.3. The molecule has 0 saturated carbocycles. The number of carbonyl (C=O) groups is 1. The van der Waals surface area contributed by atoms with Gasteiger partial charge in [-0.05, 0) is 12.3 Å². The van der Waals surface area contributed by atoms with Crippen molar-refractivity contribution in [2.24, 2.45) is 11.8 Å². The van der Waals surface area contributed by atoms with Crippen LogP contribution in [0.4, 0.5) is 0 Å². The minimum atomic E-state index is -0.464. The van der Waals surface area contributed by atoms with Crippen molar-refractivity contribution >= 4 is 5.91 Å². The van der Waals surface area contributed by atoms with Gasteiger partial charge in [0.25, 0.3) is 5.70 Å². The zero-order valence-corrected chi connectivity index (χ0v) is 7.47. The van der Waals surface area contributed by atoms with Gasteiger partial charge in [-0.15, -0.1) is 0 Å². The monoisotopic (exact) mass is 194 g/mol. The third-order valence-corrected chi connectivity index (χ3v) is 2.62. The van der Waals surface area contributed by atoms with Gasteiger partial charge in [0.2, 0.25) is 5.91 Å². The van der Waals surface area contributed by atoms with E-state index in [-0.39, 0.29) is 23.4 Å². The van der Waals surface area contributed by atoms with Gasteiger partial charge in [0, 0.05) is 18.7 Å². The third kappa shape index (κ3) is 1.41. The molecule has 0 aromatic carbocycles. The molecule has 0 aromatic heterocycles. The summed E-state index contributed by atoms with van der Waals surface area (Å²) in [5, 5.41) is 13.2. The summed E-state index contributed by atoms with van der Waals surface area (Å²) in [5.74, 6) is -0.327. The van der Waals surface area contributed by atoms with Crippen LogP contribution in [-0.2, 0) is 4.79 Å². The van der Waals surface area contributed by atoms with Gasteiger partial charge in [0.15, 0.2) is 0 Å². The number of hydrogen-bond donors (Lipinski definition) is 1. The molecule has 14 heavy (non-hydrogen) atoms. The van der Waals surface area contributed by atoms with Crippen LogP contribution in [-0.4, -0.2) is 17.4 Å². The van der Waals surface area contributed by atoms with Crippen molar-refractivity contribution in [3.05, 3.63) is 34.0 Å². The Labute approximate surface area is 80.6 Å². The van der Waals surface area contributed by atoms with Crippen LogP contribution in [0.2, 0.25) is 0 Å². The fraction of sp³-hybridized carbons (Fsp3) is 0.444. The zero-order chi connectivity index (χ0) is 10.1. The molecule has 0 radical (unpaired) electrons. The minimum Gasteiger partial charge on any atom is -0.356 e. The summed E-state index contributed by atoms with van der Waals surface area (Å²) < 4.78 is 0. The molecule has 2 aliphatic rings. The van der Waals surface area contributed by atoms with Crippen molar-refractivity contribution in [1.29, 1.82) is 0 Å². The SMILES string of the molecule is O=C1NCC[C@H]2C=CC([N+](=O)[O-])=C[C@@H]12. The number of nitrogens with one attached hydrogen (secondary N) is 1. The molecule has 5 nitrogen and oxygen atoms in total. The first kappa shape index (κ1) is 8.93. The Balaban J connectivity index is 2.26. The van der Waals surface area contributed by atoms with Crippen LogP contribution in [0.15, 0.2) is 23.9 Å². The lowest BCUT2D eigenvalue weighted by atomic mass is 9.82. The van der Waals surface area contributed by atoms with Crippen molar-refractivity contribution in [3.63, 3.8) is 0 Å². The van der Waals surface area contributed by atoms with Crippen LogP contribution in [0.5, 0.6) is 0 Å². The summed E-state index contributed by atoms with van der Waals surface area (Å²) in [5.41, 5.74) is 0.0169. The average molecular weight is 194 g/mol. The highest BCUT2D eigenvalue weighted by molar-refractivity contribution is 5.82. The zero-order valence-electron chi connectivity index (χ0n) is 7.47. The van der Waals surface area contributed by atoms with Crippen molar-refractivity contribution in [3.8, 4) is 0 Å². The lowest BCUT2D eigenvalue weighted by Crippen LogP contribution is -2.41. The maximum Gasteiger partial charge on any atom is 0.265 e. The minimum absolute atomic E-state index is 0.0169. The van der Waals surface area contributed by atoms with E-state index in [0.717, 1.165) is 6.42 Å². The second kappa shape index (κ2) is 3.25. The molecular weight excluding hydrogens is 184 g/mol. The van der Waals surface area contributed by atoms with E-state index in [0.29, 0.717) is 6.54 Å². The predicted octanol–water partition coefficient (Wildman–Crippen LogP) is 0.469.